The van der Waals surface area contributed by atoms with E-state index >= 15 is 0 Å². The molecule has 2 aromatic heterocycles. The van der Waals surface area contributed by atoms with Gasteiger partial charge in [0.2, 0.25) is 0 Å². The lowest BCUT2D eigenvalue weighted by atomic mass is 10.0. The van der Waals surface area contributed by atoms with Crippen LogP contribution in [-0.4, -0.2) is 21.6 Å². The lowest BCUT2D eigenvalue weighted by molar-refractivity contribution is -0.576. The molecule has 2 aromatic carbocycles. The molecule has 4 aromatic rings. The first-order valence-corrected chi connectivity index (χ1v) is 12.1. The summed E-state index contributed by atoms with van der Waals surface area (Å²) >= 11 is 0. The molecular formula is C29H26FN4O3+. The minimum atomic E-state index is -0.635. The number of hydrogen-bond acceptors (Lipinski definition) is 3. The van der Waals surface area contributed by atoms with Crippen LogP contribution in [0.15, 0.2) is 77.9 Å². The summed E-state index contributed by atoms with van der Waals surface area (Å²) in [6.45, 7) is 5.87. The number of aryl methyl sites for hydroxylation is 3. The van der Waals surface area contributed by atoms with E-state index in [1.807, 2.05) is 39.0 Å². The molecule has 1 aliphatic heterocycles. The molecule has 8 heteroatoms. The van der Waals surface area contributed by atoms with Crippen LogP contribution in [0.4, 0.5) is 10.1 Å². The number of aromatic amines is 1. The number of amides is 2. The minimum Gasteiger partial charge on any atom is -0.294 e. The molecule has 0 atom stereocenters. The molecule has 0 fully saturated rings. The van der Waals surface area contributed by atoms with Crippen molar-refractivity contribution in [1.29, 1.82) is 0 Å². The van der Waals surface area contributed by atoms with Crippen LogP contribution in [0.1, 0.15) is 35.7 Å². The number of nitrogens with zero attached hydrogens (tertiary/aromatic N) is 3. The summed E-state index contributed by atoms with van der Waals surface area (Å²) in [6, 6.07) is 16.1. The van der Waals surface area contributed by atoms with Gasteiger partial charge in [-0.15, -0.1) is 0 Å². The summed E-state index contributed by atoms with van der Waals surface area (Å²) < 4.78 is 16.6. The van der Waals surface area contributed by atoms with E-state index in [2.05, 4.69) is 5.10 Å². The summed E-state index contributed by atoms with van der Waals surface area (Å²) in [7, 11) is 0. The number of rotatable bonds is 6. The van der Waals surface area contributed by atoms with Gasteiger partial charge < -0.3 is 0 Å². The lowest BCUT2D eigenvalue weighted by Gasteiger charge is -2.13. The first kappa shape index (κ1) is 24.1. The molecule has 0 saturated carbocycles. The van der Waals surface area contributed by atoms with Gasteiger partial charge in [0.05, 0.1) is 16.9 Å². The highest BCUT2D eigenvalue weighted by Crippen LogP contribution is 2.34. The Labute approximate surface area is 213 Å². The number of carbonyl (C=O) groups is 2. The third-order valence-electron chi connectivity index (χ3n) is 6.43. The molecule has 5 rings (SSSR count). The third kappa shape index (κ3) is 4.10. The van der Waals surface area contributed by atoms with Crippen LogP contribution < -0.4 is 15.0 Å². The maximum atomic E-state index is 14.0. The number of imide groups is 1. The van der Waals surface area contributed by atoms with Gasteiger partial charge in [0.1, 0.15) is 11.4 Å². The van der Waals surface area contributed by atoms with Crippen LogP contribution >= 0.6 is 0 Å². The van der Waals surface area contributed by atoms with Crippen LogP contribution in [0.3, 0.4) is 0 Å². The number of halogens is 1. The van der Waals surface area contributed by atoms with E-state index in [-0.39, 0.29) is 22.5 Å². The number of carbonyl (C=O) groups excluding carboxylic acids is 2. The summed E-state index contributed by atoms with van der Waals surface area (Å²) in [4.78, 5) is 42.6. The normalized spacial score (nSPS) is 13.7. The van der Waals surface area contributed by atoms with Crippen LogP contribution in [0.5, 0.6) is 0 Å². The molecule has 2 amide bonds. The fraction of sp³-hybridized carbons (Fsp3) is 0.172. The van der Waals surface area contributed by atoms with E-state index < -0.39 is 23.2 Å². The standard InChI is InChI=1S/C29H25FN4O3/c1-4-8-22-24(28(36)34(31-22)23-14-9-18(2)17-19(23)3)25-26(32-15-6-5-7-16-32)29(37)33(27(25)35)21-12-10-20(30)11-13-21/h5-7,9-17H,4,8H2,1-3H3/p+1. The average molecular weight is 498 g/mol. The Hall–Kier alpha value is -4.59. The fourth-order valence-electron chi connectivity index (χ4n) is 4.75. The van der Waals surface area contributed by atoms with Crippen molar-refractivity contribution in [3.63, 3.8) is 0 Å². The summed E-state index contributed by atoms with van der Waals surface area (Å²) in [5.41, 5.74) is 3.24. The molecule has 7 nitrogen and oxygen atoms in total. The monoisotopic (exact) mass is 497 g/mol. The van der Waals surface area contributed by atoms with E-state index in [9.17, 15) is 18.8 Å². The number of aromatic nitrogens is 3. The molecule has 0 aliphatic carbocycles. The predicted octanol–water partition coefficient (Wildman–Crippen LogP) is 4.10. The first-order valence-electron chi connectivity index (χ1n) is 12.1. The molecular weight excluding hydrogens is 471 g/mol. The van der Waals surface area contributed by atoms with Crippen molar-refractivity contribution < 1.29 is 18.5 Å². The van der Waals surface area contributed by atoms with E-state index in [0.717, 1.165) is 16.0 Å². The van der Waals surface area contributed by atoms with Gasteiger partial charge in [-0.25, -0.2) is 14.0 Å². The second-order valence-corrected chi connectivity index (χ2v) is 9.07. The van der Waals surface area contributed by atoms with Crippen LogP contribution in [0.2, 0.25) is 0 Å². The molecule has 0 radical (unpaired) electrons. The Morgan fingerprint density at radius 1 is 0.919 bits per heavy atom. The van der Waals surface area contributed by atoms with E-state index in [1.165, 1.54) is 28.9 Å². The second kappa shape index (κ2) is 9.46. The SMILES string of the molecule is CCCc1[nH]n(-c2ccc(C)cc2C)c(=O)c1C1=C([n+]2ccccc2)C(=O)N(c2ccc(F)cc2)C1=O. The molecule has 186 valence electrons. The Bertz CT molecular complexity index is 1620. The molecule has 37 heavy (non-hydrogen) atoms. The Morgan fingerprint density at radius 3 is 2.27 bits per heavy atom. The molecule has 0 unspecified atom stereocenters. The number of pyridine rings is 1. The maximum Gasteiger partial charge on any atom is 0.331 e. The van der Waals surface area contributed by atoms with Gasteiger partial charge in [0.25, 0.3) is 17.2 Å². The second-order valence-electron chi connectivity index (χ2n) is 9.07. The van der Waals surface area contributed by atoms with Crippen molar-refractivity contribution in [2.45, 2.75) is 33.6 Å². The highest BCUT2D eigenvalue weighted by molar-refractivity contribution is 6.53. The fourth-order valence-corrected chi connectivity index (χ4v) is 4.75. The maximum absolute atomic E-state index is 14.0. The summed E-state index contributed by atoms with van der Waals surface area (Å²) in [5.74, 6) is -1.71. The van der Waals surface area contributed by atoms with E-state index in [4.69, 9.17) is 0 Å². The topological polar surface area (TPSA) is 79.1 Å². The molecule has 1 N–H and O–H groups in total. The van der Waals surface area contributed by atoms with Gasteiger partial charge in [-0.2, -0.15) is 4.57 Å². The van der Waals surface area contributed by atoms with Crippen molar-refractivity contribution >= 4 is 28.8 Å². The minimum absolute atomic E-state index is 0.0127. The zero-order chi connectivity index (χ0) is 26.3. The van der Waals surface area contributed by atoms with Gasteiger partial charge in [-0.1, -0.05) is 37.1 Å². The molecule has 0 saturated heterocycles. The Balaban J connectivity index is 1.78. The Kier molecular flexibility index (Phi) is 6.17. The van der Waals surface area contributed by atoms with Gasteiger partial charge in [-0.3, -0.25) is 19.5 Å². The number of hydrogen-bond donors (Lipinski definition) is 1. The number of nitrogens with one attached hydrogen (secondary N) is 1. The van der Waals surface area contributed by atoms with Gasteiger partial charge >= 0.3 is 5.91 Å². The number of anilines is 1. The quantitative estimate of drug-likeness (QED) is 0.322. The molecule has 1 aliphatic rings. The smallest absolute Gasteiger partial charge is 0.294 e. The predicted molar refractivity (Wildman–Crippen MR) is 138 cm³/mol. The Morgan fingerprint density at radius 2 is 1.62 bits per heavy atom. The zero-order valence-electron chi connectivity index (χ0n) is 20.8. The van der Waals surface area contributed by atoms with Crippen LogP contribution in [0.25, 0.3) is 17.0 Å². The largest absolute Gasteiger partial charge is 0.331 e. The van der Waals surface area contributed by atoms with Gasteiger partial charge in [0, 0.05) is 17.8 Å². The van der Waals surface area contributed by atoms with Crippen molar-refractivity contribution in [2.24, 2.45) is 0 Å². The summed E-state index contributed by atoms with van der Waals surface area (Å²) in [5, 5.41) is 3.20. The third-order valence-corrected chi connectivity index (χ3v) is 6.43. The zero-order valence-corrected chi connectivity index (χ0v) is 20.8. The number of benzene rings is 2. The highest BCUT2D eigenvalue weighted by Gasteiger charge is 2.48. The van der Waals surface area contributed by atoms with E-state index in [0.29, 0.717) is 24.2 Å². The van der Waals surface area contributed by atoms with E-state index in [1.54, 1.807) is 35.2 Å². The lowest BCUT2D eigenvalue weighted by Crippen LogP contribution is -2.39. The average Bonchev–Trinajstić information content (AvgIpc) is 3.32. The van der Waals surface area contributed by atoms with Gasteiger partial charge in [-0.05, 0) is 56.2 Å². The van der Waals surface area contributed by atoms with Crippen molar-refractivity contribution in [3.8, 4) is 5.69 Å². The number of H-pyrrole nitrogens is 1. The first-order chi connectivity index (χ1) is 17.8. The molecule has 0 spiro atoms. The van der Waals surface area contributed by atoms with Crippen molar-refractivity contribution in [2.75, 3.05) is 4.90 Å². The highest BCUT2D eigenvalue weighted by atomic mass is 19.1. The van der Waals surface area contributed by atoms with Crippen LogP contribution in [-0.2, 0) is 16.0 Å². The van der Waals surface area contributed by atoms with Crippen LogP contribution in [0, 0.1) is 19.7 Å². The molecule has 0 bridgehead atoms. The molecule has 3 heterocycles. The van der Waals surface area contributed by atoms with Crippen molar-refractivity contribution in [3.05, 3.63) is 112 Å². The van der Waals surface area contributed by atoms with Crippen molar-refractivity contribution in [1.82, 2.24) is 9.78 Å². The summed E-state index contributed by atoms with van der Waals surface area (Å²) in [6.07, 6.45) is 4.52. The van der Waals surface area contributed by atoms with Gasteiger partial charge in [0.15, 0.2) is 12.4 Å².